The summed E-state index contributed by atoms with van der Waals surface area (Å²) in [5.41, 5.74) is 1.86. The second kappa shape index (κ2) is 6.24. The summed E-state index contributed by atoms with van der Waals surface area (Å²) < 4.78 is 0. The van der Waals surface area contributed by atoms with E-state index in [4.69, 9.17) is 0 Å². The number of H-pyrrole nitrogens is 1. The molecule has 5 heteroatoms. The number of aliphatic hydroxyl groups is 1. The quantitative estimate of drug-likeness (QED) is 0.821. The van der Waals surface area contributed by atoms with Crippen LogP contribution in [0.2, 0.25) is 0 Å². The van der Waals surface area contributed by atoms with Crippen molar-refractivity contribution >= 4 is 11.7 Å². The van der Waals surface area contributed by atoms with Crippen LogP contribution in [0.15, 0.2) is 0 Å². The Bertz CT molecular complexity index is 583. The number of rotatable bonds is 5. The molecule has 0 radical (unpaired) electrons. The molecule has 22 heavy (non-hydrogen) atoms. The Morgan fingerprint density at radius 2 is 1.91 bits per heavy atom. The van der Waals surface area contributed by atoms with Gasteiger partial charge in [0.1, 0.15) is 5.69 Å². The summed E-state index contributed by atoms with van der Waals surface area (Å²) in [4.78, 5) is 29.2. The fourth-order valence-electron chi connectivity index (χ4n) is 3.58. The molecule has 0 unspecified atom stereocenters. The molecule has 1 aliphatic carbocycles. The number of nitrogens with zero attached hydrogens (tertiary/aromatic N) is 1. The lowest BCUT2D eigenvalue weighted by atomic mass is 10.0. The van der Waals surface area contributed by atoms with Gasteiger partial charge in [-0.25, -0.2) is 0 Å². The molecular weight excluding hydrogens is 280 g/mol. The standard InChI is InChI=1S/C17H26N2O3/c1-5-13-14(12(3)20)11(2)18-15(13)16(21)19(4)10-17(22)8-6-7-9-17/h18,22H,5-10H2,1-4H3. The van der Waals surface area contributed by atoms with Crippen molar-refractivity contribution in [1.82, 2.24) is 9.88 Å². The Morgan fingerprint density at radius 3 is 2.41 bits per heavy atom. The molecule has 122 valence electrons. The first-order chi connectivity index (χ1) is 10.3. The molecule has 1 fully saturated rings. The van der Waals surface area contributed by atoms with Gasteiger partial charge in [-0.1, -0.05) is 19.8 Å². The lowest BCUT2D eigenvalue weighted by Crippen LogP contribution is -2.42. The number of aryl methyl sites for hydroxylation is 1. The molecule has 0 aliphatic heterocycles. The van der Waals surface area contributed by atoms with Gasteiger partial charge in [-0.3, -0.25) is 9.59 Å². The number of nitrogens with one attached hydrogen (secondary N) is 1. The van der Waals surface area contributed by atoms with Gasteiger partial charge in [-0.2, -0.15) is 0 Å². The lowest BCUT2D eigenvalue weighted by Gasteiger charge is -2.28. The summed E-state index contributed by atoms with van der Waals surface area (Å²) in [5, 5.41) is 10.5. The Balaban J connectivity index is 2.25. The first-order valence-electron chi connectivity index (χ1n) is 7.99. The minimum absolute atomic E-state index is 0.0262. The van der Waals surface area contributed by atoms with Crippen LogP contribution >= 0.6 is 0 Å². The Kier molecular flexibility index (Phi) is 4.75. The van der Waals surface area contributed by atoms with Crippen LogP contribution in [0.5, 0.6) is 0 Å². The van der Waals surface area contributed by atoms with E-state index in [2.05, 4.69) is 4.98 Å². The van der Waals surface area contributed by atoms with E-state index in [0.29, 0.717) is 24.2 Å². The number of likely N-dealkylation sites (N-methyl/N-ethyl adjacent to an activating group) is 1. The second-order valence-corrected chi connectivity index (χ2v) is 6.48. The van der Waals surface area contributed by atoms with Crippen LogP contribution in [0, 0.1) is 6.92 Å². The van der Waals surface area contributed by atoms with Crippen molar-refractivity contribution in [1.29, 1.82) is 0 Å². The van der Waals surface area contributed by atoms with E-state index in [1.807, 2.05) is 13.8 Å². The zero-order chi connectivity index (χ0) is 16.5. The molecule has 5 nitrogen and oxygen atoms in total. The summed E-state index contributed by atoms with van der Waals surface area (Å²) in [5.74, 6) is -0.186. The zero-order valence-corrected chi connectivity index (χ0v) is 14.0. The van der Waals surface area contributed by atoms with Crippen LogP contribution in [0.3, 0.4) is 0 Å². The highest BCUT2D eigenvalue weighted by atomic mass is 16.3. The van der Waals surface area contributed by atoms with Crippen LogP contribution < -0.4 is 0 Å². The van der Waals surface area contributed by atoms with Gasteiger partial charge in [0.05, 0.1) is 5.60 Å². The molecule has 2 N–H and O–H groups in total. The normalized spacial score (nSPS) is 16.8. The largest absolute Gasteiger partial charge is 0.388 e. The Labute approximate surface area is 131 Å². The highest BCUT2D eigenvalue weighted by molar-refractivity contribution is 6.02. The van der Waals surface area contributed by atoms with E-state index in [0.717, 1.165) is 36.9 Å². The molecule has 1 heterocycles. The van der Waals surface area contributed by atoms with Gasteiger partial charge in [0.2, 0.25) is 0 Å². The van der Waals surface area contributed by atoms with Crippen molar-refractivity contribution in [3.8, 4) is 0 Å². The Morgan fingerprint density at radius 1 is 1.32 bits per heavy atom. The fraction of sp³-hybridized carbons (Fsp3) is 0.647. The molecular formula is C17H26N2O3. The number of hydrogen-bond acceptors (Lipinski definition) is 3. The van der Waals surface area contributed by atoms with Crippen molar-refractivity contribution in [3.63, 3.8) is 0 Å². The molecule has 0 spiro atoms. The predicted octanol–water partition coefficient (Wildman–Crippen LogP) is 2.47. The summed E-state index contributed by atoms with van der Waals surface area (Å²) in [6.45, 7) is 5.62. The van der Waals surface area contributed by atoms with Gasteiger partial charge in [-0.15, -0.1) is 0 Å². The number of Topliss-reactive ketones (excluding diaryl/α,β-unsaturated/α-hetero) is 1. The van der Waals surface area contributed by atoms with Crippen molar-refractivity contribution in [2.75, 3.05) is 13.6 Å². The number of carbonyl (C=O) groups excluding carboxylic acids is 2. The maximum atomic E-state index is 12.7. The first-order valence-corrected chi connectivity index (χ1v) is 7.99. The molecule has 0 aromatic carbocycles. The van der Waals surface area contributed by atoms with Gasteiger partial charge < -0.3 is 15.0 Å². The van der Waals surface area contributed by atoms with E-state index in [1.165, 1.54) is 6.92 Å². The molecule has 1 aliphatic rings. The van der Waals surface area contributed by atoms with Crippen molar-refractivity contribution in [3.05, 3.63) is 22.5 Å². The average Bonchev–Trinajstić information content (AvgIpc) is 3.01. The van der Waals surface area contributed by atoms with Crippen molar-refractivity contribution < 1.29 is 14.7 Å². The number of carbonyl (C=O) groups is 2. The van der Waals surface area contributed by atoms with E-state index in [9.17, 15) is 14.7 Å². The van der Waals surface area contributed by atoms with E-state index >= 15 is 0 Å². The number of amides is 1. The summed E-state index contributed by atoms with van der Waals surface area (Å²) in [6.07, 6.45) is 4.13. The average molecular weight is 306 g/mol. The topological polar surface area (TPSA) is 73.4 Å². The van der Waals surface area contributed by atoms with Crippen LogP contribution in [-0.4, -0.2) is 45.9 Å². The number of ketones is 1. The highest BCUT2D eigenvalue weighted by Crippen LogP contribution is 2.30. The SMILES string of the molecule is CCc1c(C(=O)N(C)CC2(O)CCCC2)[nH]c(C)c1C(C)=O. The second-order valence-electron chi connectivity index (χ2n) is 6.48. The fourth-order valence-corrected chi connectivity index (χ4v) is 3.58. The maximum Gasteiger partial charge on any atom is 0.270 e. The van der Waals surface area contributed by atoms with Crippen molar-refractivity contribution in [2.24, 2.45) is 0 Å². The third kappa shape index (κ3) is 3.09. The van der Waals surface area contributed by atoms with Gasteiger partial charge in [0.25, 0.3) is 5.91 Å². The maximum absolute atomic E-state index is 12.7. The minimum atomic E-state index is -0.762. The molecule has 0 atom stereocenters. The molecule has 0 bridgehead atoms. The van der Waals surface area contributed by atoms with Crippen molar-refractivity contribution in [2.45, 2.75) is 58.5 Å². The summed E-state index contributed by atoms with van der Waals surface area (Å²) in [6, 6.07) is 0. The monoisotopic (exact) mass is 306 g/mol. The molecule has 2 rings (SSSR count). The molecule has 1 aromatic rings. The summed E-state index contributed by atoms with van der Waals surface area (Å²) in [7, 11) is 1.71. The van der Waals surface area contributed by atoms with Crippen LogP contribution in [0.4, 0.5) is 0 Å². The smallest absolute Gasteiger partial charge is 0.270 e. The van der Waals surface area contributed by atoms with Crippen LogP contribution in [0.25, 0.3) is 0 Å². The first kappa shape index (κ1) is 16.7. The van der Waals surface area contributed by atoms with Gasteiger partial charge >= 0.3 is 0 Å². The highest BCUT2D eigenvalue weighted by Gasteiger charge is 2.34. The van der Waals surface area contributed by atoms with Gasteiger partial charge in [0, 0.05) is 24.8 Å². The van der Waals surface area contributed by atoms with E-state index in [-0.39, 0.29) is 11.7 Å². The Hall–Kier alpha value is -1.62. The van der Waals surface area contributed by atoms with Gasteiger partial charge in [0.15, 0.2) is 5.78 Å². The predicted molar refractivity (Wildman–Crippen MR) is 85.3 cm³/mol. The van der Waals surface area contributed by atoms with Gasteiger partial charge in [-0.05, 0) is 38.7 Å². The van der Waals surface area contributed by atoms with E-state index < -0.39 is 5.60 Å². The molecule has 0 saturated heterocycles. The summed E-state index contributed by atoms with van der Waals surface area (Å²) >= 11 is 0. The molecule has 1 aromatic heterocycles. The third-order valence-electron chi connectivity index (χ3n) is 4.62. The molecule has 1 amide bonds. The zero-order valence-electron chi connectivity index (χ0n) is 14.0. The molecule has 1 saturated carbocycles. The number of aromatic amines is 1. The third-order valence-corrected chi connectivity index (χ3v) is 4.62. The van der Waals surface area contributed by atoms with Crippen LogP contribution in [0.1, 0.15) is 71.6 Å². The number of aromatic nitrogens is 1. The lowest BCUT2D eigenvalue weighted by molar-refractivity contribution is 0.0154. The van der Waals surface area contributed by atoms with Crippen LogP contribution in [-0.2, 0) is 6.42 Å². The number of hydrogen-bond donors (Lipinski definition) is 2. The minimum Gasteiger partial charge on any atom is -0.388 e. The van der Waals surface area contributed by atoms with E-state index in [1.54, 1.807) is 11.9 Å².